The molecular weight excluding hydrogens is 252 g/mol. The fourth-order valence-electron chi connectivity index (χ4n) is 1.73. The van der Waals surface area contributed by atoms with Crippen molar-refractivity contribution in [2.24, 2.45) is 5.92 Å². The second-order valence-electron chi connectivity index (χ2n) is 6.11. The van der Waals surface area contributed by atoms with Crippen LogP contribution in [0.25, 0.3) is 0 Å². The lowest BCUT2D eigenvalue weighted by Gasteiger charge is -2.20. The van der Waals surface area contributed by atoms with Gasteiger partial charge in [-0.25, -0.2) is 4.79 Å². The molecule has 0 N–H and O–H groups in total. The molecule has 0 radical (unpaired) electrons. The molecule has 3 nitrogen and oxygen atoms in total. The predicted octanol–water partition coefficient (Wildman–Crippen LogP) is 3.41. The third-order valence-electron chi connectivity index (χ3n) is 2.94. The second kappa shape index (κ2) is 5.58. The standard InChI is InChI=1S/C17H20O3/c1-5-12-8-9-15(19-11-13-6-7-13)14(10-12)16(18)20-17(2,3)4/h1,8-10,13H,6-7,11H2,2-4H3. The smallest absolute Gasteiger partial charge is 0.342 e. The molecule has 1 aromatic carbocycles. The Hall–Kier alpha value is -1.95. The van der Waals surface area contributed by atoms with E-state index in [9.17, 15) is 4.79 Å². The summed E-state index contributed by atoms with van der Waals surface area (Å²) in [6.07, 6.45) is 7.78. The van der Waals surface area contributed by atoms with Crippen molar-refractivity contribution in [3.8, 4) is 18.1 Å². The molecule has 0 aliphatic heterocycles. The van der Waals surface area contributed by atoms with E-state index in [2.05, 4.69) is 5.92 Å². The Morgan fingerprint density at radius 1 is 1.40 bits per heavy atom. The molecule has 0 amide bonds. The third-order valence-corrected chi connectivity index (χ3v) is 2.94. The lowest BCUT2D eigenvalue weighted by molar-refractivity contribution is 0.00656. The summed E-state index contributed by atoms with van der Waals surface area (Å²) in [6, 6.07) is 5.17. The summed E-state index contributed by atoms with van der Waals surface area (Å²) in [6.45, 7) is 6.15. The van der Waals surface area contributed by atoms with E-state index in [-0.39, 0.29) is 0 Å². The summed E-state index contributed by atoms with van der Waals surface area (Å²) >= 11 is 0. The summed E-state index contributed by atoms with van der Waals surface area (Å²) < 4.78 is 11.1. The van der Waals surface area contributed by atoms with Crippen LogP contribution in [0.5, 0.6) is 5.75 Å². The van der Waals surface area contributed by atoms with Crippen molar-refractivity contribution in [3.05, 3.63) is 29.3 Å². The zero-order valence-electron chi connectivity index (χ0n) is 12.2. The van der Waals surface area contributed by atoms with Crippen LogP contribution in [-0.4, -0.2) is 18.2 Å². The zero-order valence-corrected chi connectivity index (χ0v) is 12.2. The molecule has 20 heavy (non-hydrogen) atoms. The number of rotatable bonds is 4. The zero-order chi connectivity index (χ0) is 14.8. The first kappa shape index (κ1) is 14.5. The van der Waals surface area contributed by atoms with Gasteiger partial charge in [0.05, 0.1) is 6.61 Å². The van der Waals surface area contributed by atoms with E-state index in [1.165, 1.54) is 12.8 Å². The van der Waals surface area contributed by atoms with Gasteiger partial charge < -0.3 is 9.47 Å². The summed E-state index contributed by atoms with van der Waals surface area (Å²) in [4.78, 5) is 12.2. The first-order valence-corrected chi connectivity index (χ1v) is 6.86. The maximum atomic E-state index is 12.2. The summed E-state index contributed by atoms with van der Waals surface area (Å²) in [5.41, 5.74) is 0.498. The molecule has 2 rings (SSSR count). The summed E-state index contributed by atoms with van der Waals surface area (Å²) in [5, 5.41) is 0. The van der Waals surface area contributed by atoms with Crippen molar-refractivity contribution in [2.45, 2.75) is 39.2 Å². The summed E-state index contributed by atoms with van der Waals surface area (Å²) in [5.74, 6) is 3.29. The van der Waals surface area contributed by atoms with E-state index < -0.39 is 11.6 Å². The van der Waals surface area contributed by atoms with Crippen LogP contribution in [0.2, 0.25) is 0 Å². The maximum Gasteiger partial charge on any atom is 0.342 e. The highest BCUT2D eigenvalue weighted by molar-refractivity contribution is 5.93. The Morgan fingerprint density at radius 2 is 2.10 bits per heavy atom. The molecule has 1 saturated carbocycles. The SMILES string of the molecule is C#Cc1ccc(OCC2CC2)c(C(=O)OC(C)(C)C)c1. The Bertz CT molecular complexity index is 542. The van der Waals surface area contributed by atoms with Crippen molar-refractivity contribution in [2.75, 3.05) is 6.61 Å². The Labute approximate surface area is 120 Å². The van der Waals surface area contributed by atoms with Gasteiger partial charge >= 0.3 is 5.97 Å². The quantitative estimate of drug-likeness (QED) is 0.622. The van der Waals surface area contributed by atoms with Crippen molar-refractivity contribution < 1.29 is 14.3 Å². The van der Waals surface area contributed by atoms with Gasteiger partial charge in [0.25, 0.3) is 0 Å². The normalized spacial score (nSPS) is 14.5. The number of benzene rings is 1. The van der Waals surface area contributed by atoms with Crippen LogP contribution in [0, 0.1) is 18.3 Å². The Balaban J connectivity index is 2.21. The second-order valence-corrected chi connectivity index (χ2v) is 6.11. The molecule has 1 aliphatic carbocycles. The van der Waals surface area contributed by atoms with Crippen LogP contribution >= 0.6 is 0 Å². The van der Waals surface area contributed by atoms with E-state index >= 15 is 0 Å². The van der Waals surface area contributed by atoms with Crippen LogP contribution in [0.3, 0.4) is 0 Å². The molecule has 0 heterocycles. The molecule has 1 aromatic rings. The third kappa shape index (κ3) is 4.03. The number of terminal acetylenes is 1. The molecule has 106 valence electrons. The number of hydrogen-bond donors (Lipinski definition) is 0. The number of hydrogen-bond acceptors (Lipinski definition) is 3. The van der Waals surface area contributed by atoms with Crippen LogP contribution in [0.1, 0.15) is 49.5 Å². The maximum absolute atomic E-state index is 12.2. The minimum atomic E-state index is -0.545. The van der Waals surface area contributed by atoms with Crippen molar-refractivity contribution >= 4 is 5.97 Å². The molecule has 0 spiro atoms. The van der Waals surface area contributed by atoms with E-state index in [0.717, 1.165) is 0 Å². The highest BCUT2D eigenvalue weighted by atomic mass is 16.6. The highest BCUT2D eigenvalue weighted by Crippen LogP contribution is 2.31. The fraction of sp³-hybridized carbons (Fsp3) is 0.471. The van der Waals surface area contributed by atoms with Gasteiger partial charge in [0, 0.05) is 5.56 Å². The topological polar surface area (TPSA) is 35.5 Å². The van der Waals surface area contributed by atoms with Crippen LogP contribution in [-0.2, 0) is 4.74 Å². The number of esters is 1. The van der Waals surface area contributed by atoms with E-state index in [4.69, 9.17) is 15.9 Å². The number of carbonyl (C=O) groups is 1. The van der Waals surface area contributed by atoms with Gasteiger partial charge in [0.1, 0.15) is 16.9 Å². The minimum Gasteiger partial charge on any atom is -0.492 e. The molecule has 0 aromatic heterocycles. The van der Waals surface area contributed by atoms with Gasteiger partial charge in [0.2, 0.25) is 0 Å². The first-order chi connectivity index (χ1) is 9.39. The minimum absolute atomic E-state index is 0.399. The average Bonchev–Trinajstić information content (AvgIpc) is 3.18. The summed E-state index contributed by atoms with van der Waals surface area (Å²) in [7, 11) is 0. The monoisotopic (exact) mass is 272 g/mol. The van der Waals surface area contributed by atoms with Gasteiger partial charge in [-0.1, -0.05) is 5.92 Å². The van der Waals surface area contributed by atoms with Crippen LogP contribution < -0.4 is 4.74 Å². The lowest BCUT2D eigenvalue weighted by Crippen LogP contribution is -2.24. The first-order valence-electron chi connectivity index (χ1n) is 6.86. The number of carbonyl (C=O) groups excluding carboxylic acids is 1. The van der Waals surface area contributed by atoms with Crippen LogP contribution in [0.4, 0.5) is 0 Å². The molecular formula is C17H20O3. The van der Waals surface area contributed by atoms with E-state index in [1.54, 1.807) is 18.2 Å². The van der Waals surface area contributed by atoms with E-state index in [1.807, 2.05) is 20.8 Å². The van der Waals surface area contributed by atoms with Gasteiger partial charge in [-0.3, -0.25) is 0 Å². The molecule has 0 unspecified atom stereocenters. The van der Waals surface area contributed by atoms with Crippen LogP contribution in [0.15, 0.2) is 18.2 Å². The predicted molar refractivity (Wildman–Crippen MR) is 77.8 cm³/mol. The lowest BCUT2D eigenvalue weighted by atomic mass is 10.1. The Kier molecular flexibility index (Phi) is 4.04. The molecule has 0 bridgehead atoms. The largest absolute Gasteiger partial charge is 0.492 e. The van der Waals surface area contributed by atoms with Crippen molar-refractivity contribution in [3.63, 3.8) is 0 Å². The van der Waals surface area contributed by atoms with Crippen molar-refractivity contribution in [1.29, 1.82) is 0 Å². The molecule has 0 saturated heterocycles. The fourth-order valence-corrected chi connectivity index (χ4v) is 1.73. The highest BCUT2D eigenvalue weighted by Gasteiger charge is 2.25. The van der Waals surface area contributed by atoms with Gasteiger partial charge in [-0.2, -0.15) is 0 Å². The van der Waals surface area contributed by atoms with Gasteiger partial charge in [0.15, 0.2) is 0 Å². The van der Waals surface area contributed by atoms with Crippen molar-refractivity contribution in [1.82, 2.24) is 0 Å². The average molecular weight is 272 g/mol. The molecule has 0 atom stereocenters. The van der Waals surface area contributed by atoms with E-state index in [0.29, 0.717) is 29.4 Å². The molecule has 3 heteroatoms. The number of ether oxygens (including phenoxy) is 2. The Morgan fingerprint density at radius 3 is 2.65 bits per heavy atom. The molecule has 1 aliphatic rings. The van der Waals surface area contributed by atoms with Gasteiger partial charge in [-0.05, 0) is 57.7 Å². The van der Waals surface area contributed by atoms with Gasteiger partial charge in [-0.15, -0.1) is 6.42 Å². The molecule has 1 fully saturated rings.